The Hall–Kier alpha value is -1.66. The molecule has 8 heteroatoms. The Balaban J connectivity index is 2.60. The number of aliphatic hydroxyl groups is 1. The van der Waals surface area contributed by atoms with Crippen molar-refractivity contribution in [1.29, 1.82) is 0 Å². The summed E-state index contributed by atoms with van der Waals surface area (Å²) in [4.78, 5) is 19.3. The predicted molar refractivity (Wildman–Crippen MR) is 82.1 cm³/mol. The van der Waals surface area contributed by atoms with Crippen molar-refractivity contribution in [2.45, 2.75) is 32.2 Å². The standard InChI is InChI=1S/C14H13Cl2FN2O3/c1-2-9(18-6-3-4-6)10(14(21)22)11(20)7-5-8(17)13(16)19-12(7)15/h5-6,20H,2-4H2,1H3,(H,21,22). The number of aliphatic hydroxyl groups excluding tert-OH is 1. The first-order valence-corrected chi connectivity index (χ1v) is 7.36. The molecule has 1 saturated carbocycles. The van der Waals surface area contributed by atoms with Crippen LogP contribution in [-0.2, 0) is 4.79 Å². The highest BCUT2D eigenvalue weighted by Crippen LogP contribution is 2.30. The van der Waals surface area contributed by atoms with Crippen molar-refractivity contribution in [3.8, 4) is 0 Å². The molecule has 1 aliphatic rings. The SMILES string of the molecule is CCC(=NC1CC1)C(C(=O)O)=C(O)c1cc(F)c(Cl)nc1Cl. The lowest BCUT2D eigenvalue weighted by atomic mass is 10.0. The molecule has 1 heterocycles. The molecular weight excluding hydrogens is 334 g/mol. The van der Waals surface area contributed by atoms with E-state index in [0.29, 0.717) is 6.42 Å². The van der Waals surface area contributed by atoms with Crippen LogP contribution in [0, 0.1) is 5.82 Å². The van der Waals surface area contributed by atoms with Gasteiger partial charge in [0, 0.05) is 0 Å². The van der Waals surface area contributed by atoms with Crippen LogP contribution >= 0.6 is 23.2 Å². The molecule has 1 aliphatic carbocycles. The van der Waals surface area contributed by atoms with Gasteiger partial charge >= 0.3 is 5.97 Å². The number of aliphatic carboxylic acids is 1. The summed E-state index contributed by atoms with van der Waals surface area (Å²) in [5.74, 6) is -2.96. The molecule has 118 valence electrons. The van der Waals surface area contributed by atoms with E-state index in [4.69, 9.17) is 23.2 Å². The molecule has 5 nitrogen and oxygen atoms in total. The van der Waals surface area contributed by atoms with Crippen LogP contribution in [0.1, 0.15) is 31.7 Å². The zero-order valence-corrected chi connectivity index (χ0v) is 13.1. The number of carbonyl (C=O) groups is 1. The molecule has 1 aromatic rings. The summed E-state index contributed by atoms with van der Waals surface area (Å²) in [5.41, 5.74) is -0.406. The van der Waals surface area contributed by atoms with E-state index in [9.17, 15) is 19.4 Å². The Morgan fingerprint density at radius 1 is 1.41 bits per heavy atom. The van der Waals surface area contributed by atoms with Gasteiger partial charge in [-0.2, -0.15) is 0 Å². The molecule has 0 aromatic carbocycles. The molecule has 0 saturated heterocycles. The minimum atomic E-state index is -1.37. The van der Waals surface area contributed by atoms with Gasteiger partial charge in [0.1, 0.15) is 16.5 Å². The maximum atomic E-state index is 13.5. The van der Waals surface area contributed by atoms with Gasteiger partial charge in [0.05, 0.1) is 17.3 Å². The number of rotatable bonds is 5. The third-order valence-electron chi connectivity index (χ3n) is 3.10. The maximum absolute atomic E-state index is 13.5. The number of aliphatic imine (C=N–C) groups is 1. The molecule has 0 unspecified atom stereocenters. The van der Waals surface area contributed by atoms with E-state index in [0.717, 1.165) is 18.9 Å². The third-order valence-corrected chi connectivity index (χ3v) is 3.65. The van der Waals surface area contributed by atoms with Crippen LogP contribution in [-0.4, -0.2) is 32.9 Å². The fourth-order valence-corrected chi connectivity index (χ4v) is 2.28. The fraction of sp³-hybridized carbons (Fsp3) is 0.357. The van der Waals surface area contributed by atoms with Gasteiger partial charge in [-0.05, 0) is 25.3 Å². The smallest absolute Gasteiger partial charge is 0.341 e. The molecule has 0 radical (unpaired) electrons. The van der Waals surface area contributed by atoms with E-state index in [-0.39, 0.29) is 22.5 Å². The van der Waals surface area contributed by atoms with Crippen LogP contribution in [0.15, 0.2) is 16.6 Å². The quantitative estimate of drug-likeness (QED) is 0.366. The average Bonchev–Trinajstić information content (AvgIpc) is 3.25. The minimum absolute atomic E-state index is 0.0765. The van der Waals surface area contributed by atoms with Crippen LogP contribution in [0.3, 0.4) is 0 Å². The zero-order valence-electron chi connectivity index (χ0n) is 11.6. The van der Waals surface area contributed by atoms with Gasteiger partial charge in [-0.3, -0.25) is 4.99 Å². The number of pyridine rings is 1. The zero-order chi connectivity index (χ0) is 16.4. The number of halogens is 3. The van der Waals surface area contributed by atoms with E-state index in [1.807, 2.05) is 0 Å². The second-order valence-electron chi connectivity index (χ2n) is 4.79. The van der Waals surface area contributed by atoms with Crippen molar-refractivity contribution in [2.24, 2.45) is 4.99 Å². The molecule has 2 rings (SSSR count). The molecule has 0 amide bonds. The second-order valence-corrected chi connectivity index (χ2v) is 5.50. The van der Waals surface area contributed by atoms with Crippen LogP contribution in [0.25, 0.3) is 5.76 Å². The van der Waals surface area contributed by atoms with Gasteiger partial charge < -0.3 is 10.2 Å². The van der Waals surface area contributed by atoms with E-state index in [1.165, 1.54) is 0 Å². The van der Waals surface area contributed by atoms with Gasteiger partial charge in [0.25, 0.3) is 0 Å². The number of nitrogens with zero attached hydrogens (tertiary/aromatic N) is 2. The molecule has 0 spiro atoms. The average molecular weight is 347 g/mol. The highest BCUT2D eigenvalue weighted by atomic mass is 35.5. The molecule has 22 heavy (non-hydrogen) atoms. The molecule has 1 fully saturated rings. The van der Waals surface area contributed by atoms with E-state index < -0.39 is 28.3 Å². The van der Waals surface area contributed by atoms with Crippen LogP contribution in [0.4, 0.5) is 4.39 Å². The Bertz CT molecular complexity index is 685. The first-order valence-electron chi connectivity index (χ1n) is 6.60. The maximum Gasteiger partial charge on any atom is 0.341 e. The van der Waals surface area contributed by atoms with Crippen molar-refractivity contribution in [3.63, 3.8) is 0 Å². The van der Waals surface area contributed by atoms with Crippen molar-refractivity contribution in [1.82, 2.24) is 4.98 Å². The molecule has 0 aliphatic heterocycles. The van der Waals surface area contributed by atoms with E-state index >= 15 is 0 Å². The molecule has 0 bridgehead atoms. The number of carboxylic acids is 1. The summed E-state index contributed by atoms with van der Waals surface area (Å²) in [6.07, 6.45) is 2.08. The first-order chi connectivity index (χ1) is 10.3. The summed E-state index contributed by atoms with van der Waals surface area (Å²) in [7, 11) is 0. The Labute approximate surface area is 136 Å². The Kier molecular flexibility index (Phi) is 5.03. The summed E-state index contributed by atoms with van der Waals surface area (Å²) >= 11 is 11.3. The predicted octanol–water partition coefficient (Wildman–Crippen LogP) is 3.89. The molecule has 1 aromatic heterocycles. The molecular formula is C14H13Cl2FN2O3. The van der Waals surface area contributed by atoms with Crippen molar-refractivity contribution >= 4 is 40.6 Å². The normalized spacial score (nSPS) is 16.5. The van der Waals surface area contributed by atoms with Crippen LogP contribution in [0.2, 0.25) is 10.3 Å². The minimum Gasteiger partial charge on any atom is -0.506 e. The first kappa shape index (κ1) is 16.7. The van der Waals surface area contributed by atoms with Gasteiger partial charge in [-0.1, -0.05) is 30.1 Å². The lowest BCUT2D eigenvalue weighted by molar-refractivity contribution is -0.132. The number of aromatic nitrogens is 1. The summed E-state index contributed by atoms with van der Waals surface area (Å²) in [5, 5.41) is 18.9. The van der Waals surface area contributed by atoms with Crippen molar-refractivity contribution < 1.29 is 19.4 Å². The summed E-state index contributed by atoms with van der Waals surface area (Å²) in [6.45, 7) is 1.72. The number of carboxylic acid groups (broad SMARTS) is 1. The lowest BCUT2D eigenvalue weighted by Crippen LogP contribution is -2.15. The number of hydrogen-bond donors (Lipinski definition) is 2. The highest BCUT2D eigenvalue weighted by molar-refractivity contribution is 6.34. The summed E-state index contributed by atoms with van der Waals surface area (Å²) < 4.78 is 13.5. The highest BCUT2D eigenvalue weighted by Gasteiger charge is 2.27. The van der Waals surface area contributed by atoms with Gasteiger partial charge in [0.2, 0.25) is 0 Å². The second kappa shape index (κ2) is 6.62. The van der Waals surface area contributed by atoms with Gasteiger partial charge in [-0.25, -0.2) is 14.2 Å². The van der Waals surface area contributed by atoms with Crippen LogP contribution < -0.4 is 0 Å². The Morgan fingerprint density at radius 2 is 2.05 bits per heavy atom. The molecule has 0 atom stereocenters. The number of hydrogen-bond acceptors (Lipinski definition) is 4. The largest absolute Gasteiger partial charge is 0.506 e. The molecule has 2 N–H and O–H groups in total. The third kappa shape index (κ3) is 3.56. The van der Waals surface area contributed by atoms with Crippen molar-refractivity contribution in [2.75, 3.05) is 0 Å². The topological polar surface area (TPSA) is 82.8 Å². The van der Waals surface area contributed by atoms with Gasteiger partial charge in [-0.15, -0.1) is 0 Å². The van der Waals surface area contributed by atoms with Crippen LogP contribution in [0.5, 0.6) is 0 Å². The van der Waals surface area contributed by atoms with Crippen molar-refractivity contribution in [3.05, 3.63) is 33.3 Å². The van der Waals surface area contributed by atoms with E-state index in [1.54, 1.807) is 6.92 Å². The monoisotopic (exact) mass is 346 g/mol. The fourth-order valence-electron chi connectivity index (χ4n) is 1.86. The Morgan fingerprint density at radius 3 is 2.55 bits per heavy atom. The van der Waals surface area contributed by atoms with E-state index in [2.05, 4.69) is 9.98 Å². The summed E-state index contributed by atoms with van der Waals surface area (Å²) in [6, 6.07) is 0.924. The van der Waals surface area contributed by atoms with Gasteiger partial charge in [0.15, 0.2) is 11.0 Å². The lowest BCUT2D eigenvalue weighted by Gasteiger charge is -2.10.